The maximum Gasteiger partial charge on any atom is 0.132 e. The molecule has 0 aromatic carbocycles. The molecule has 0 fully saturated rings. The van der Waals surface area contributed by atoms with E-state index in [1.807, 2.05) is 45.5 Å². The van der Waals surface area contributed by atoms with Crippen LogP contribution in [0.1, 0.15) is 32.3 Å². The molecule has 0 unspecified atom stereocenters. The van der Waals surface area contributed by atoms with Gasteiger partial charge >= 0.3 is 0 Å². The van der Waals surface area contributed by atoms with E-state index in [9.17, 15) is 0 Å². The maximum absolute atomic E-state index is 4.17. The van der Waals surface area contributed by atoms with Crippen LogP contribution in [-0.4, -0.2) is 9.55 Å². The fourth-order valence-electron chi connectivity index (χ4n) is 0.824. The second-order valence-electron chi connectivity index (χ2n) is 2.46. The van der Waals surface area contributed by atoms with Gasteiger partial charge in [0.05, 0.1) is 5.69 Å². The lowest BCUT2D eigenvalue weighted by Gasteiger charge is -1.89. The molecule has 80 valence electrons. The van der Waals surface area contributed by atoms with Gasteiger partial charge in [0.15, 0.2) is 0 Å². The molecule has 1 rings (SSSR count). The van der Waals surface area contributed by atoms with Crippen LogP contribution in [0, 0.1) is 6.92 Å². The molecule has 0 spiro atoms. The molecule has 14 heavy (non-hydrogen) atoms. The first-order valence-electron chi connectivity index (χ1n) is 4.85. The molecule has 1 aromatic rings. The highest BCUT2D eigenvalue weighted by Crippen LogP contribution is 1.99. The molecule has 0 aliphatic carbocycles. The Morgan fingerprint density at radius 3 is 1.93 bits per heavy atom. The predicted molar refractivity (Wildman–Crippen MR) is 65.3 cm³/mol. The Balaban J connectivity index is 0. The normalized spacial score (nSPS) is 7.50. The fourth-order valence-corrected chi connectivity index (χ4v) is 0.824. The molecule has 0 atom stereocenters. The first-order chi connectivity index (χ1) is 6.65. The van der Waals surface area contributed by atoms with Crippen molar-refractivity contribution >= 4 is 6.08 Å². The van der Waals surface area contributed by atoms with E-state index in [-0.39, 0.29) is 0 Å². The Labute approximate surface area is 88.0 Å². The number of allylic oxidation sites excluding steroid dienone is 1. The van der Waals surface area contributed by atoms with Crippen LogP contribution in [0.3, 0.4) is 0 Å². The van der Waals surface area contributed by atoms with Crippen molar-refractivity contribution in [3.8, 4) is 0 Å². The number of imidazole rings is 1. The lowest BCUT2D eigenvalue weighted by molar-refractivity contribution is 0.897. The van der Waals surface area contributed by atoms with Crippen LogP contribution in [0.2, 0.25) is 0 Å². The van der Waals surface area contributed by atoms with Gasteiger partial charge in [0.2, 0.25) is 0 Å². The number of hydrogen-bond acceptors (Lipinski definition) is 1. The number of rotatable bonds is 1. The average Bonchev–Trinajstić information content (AvgIpc) is 2.49. The molecular weight excluding hydrogens is 172 g/mol. The van der Waals surface area contributed by atoms with E-state index >= 15 is 0 Å². The molecule has 0 radical (unpaired) electrons. The third-order valence-electron chi connectivity index (χ3n) is 1.22. The highest BCUT2D eigenvalue weighted by Gasteiger charge is 1.94. The summed E-state index contributed by atoms with van der Waals surface area (Å²) in [6.07, 6.45) is 5.46. The van der Waals surface area contributed by atoms with E-state index in [4.69, 9.17) is 0 Å². The minimum atomic E-state index is 0.924. The molecule has 0 aliphatic heterocycles. The van der Waals surface area contributed by atoms with Crippen LogP contribution in [0.15, 0.2) is 25.4 Å². The van der Waals surface area contributed by atoms with Gasteiger partial charge in [0.1, 0.15) is 5.82 Å². The largest absolute Gasteiger partial charge is 0.334 e. The third-order valence-corrected chi connectivity index (χ3v) is 1.22. The molecule has 0 saturated carbocycles. The highest BCUT2D eigenvalue weighted by molar-refractivity contribution is 5.37. The average molecular weight is 194 g/mol. The molecule has 2 heteroatoms. The highest BCUT2D eigenvalue weighted by atomic mass is 15.0. The molecule has 0 bridgehead atoms. The van der Waals surface area contributed by atoms with E-state index in [2.05, 4.69) is 18.1 Å². The Morgan fingerprint density at radius 1 is 1.36 bits per heavy atom. The molecule has 1 heterocycles. The van der Waals surface area contributed by atoms with E-state index in [0.717, 1.165) is 11.5 Å². The van der Waals surface area contributed by atoms with Crippen LogP contribution < -0.4 is 0 Å². The van der Waals surface area contributed by atoms with Gasteiger partial charge in [-0.15, -0.1) is 6.58 Å². The Hall–Kier alpha value is -1.31. The minimum absolute atomic E-state index is 0.924. The molecule has 0 N–H and O–H groups in total. The lowest BCUT2D eigenvalue weighted by Crippen LogP contribution is -1.87. The molecular formula is C12H22N2. The van der Waals surface area contributed by atoms with Crippen molar-refractivity contribution < 1.29 is 0 Å². The molecule has 2 nitrogen and oxygen atoms in total. The number of hydrogen-bond donors (Lipinski definition) is 0. The van der Waals surface area contributed by atoms with Gasteiger partial charge in [0, 0.05) is 13.2 Å². The van der Waals surface area contributed by atoms with Gasteiger partial charge < -0.3 is 4.57 Å². The zero-order valence-corrected chi connectivity index (χ0v) is 10.0. The zero-order chi connectivity index (χ0) is 11.6. The van der Waals surface area contributed by atoms with Crippen LogP contribution in [-0.2, 0) is 7.05 Å². The van der Waals surface area contributed by atoms with Crippen molar-refractivity contribution in [2.75, 3.05) is 0 Å². The number of aromatic nitrogens is 2. The molecule has 1 aromatic heterocycles. The summed E-state index contributed by atoms with van der Waals surface area (Å²) in [7, 11) is 1.96. The molecule has 0 saturated heterocycles. The summed E-state index contributed by atoms with van der Waals surface area (Å²) in [5.74, 6) is 0.924. The second-order valence-corrected chi connectivity index (χ2v) is 2.46. The number of aryl methyl sites for hydroxylation is 2. The Morgan fingerprint density at radius 2 is 1.79 bits per heavy atom. The Kier molecular flexibility index (Phi) is 10.6. The van der Waals surface area contributed by atoms with Crippen molar-refractivity contribution in [1.82, 2.24) is 9.55 Å². The summed E-state index contributed by atoms with van der Waals surface area (Å²) in [6.45, 7) is 14.8. The summed E-state index contributed by atoms with van der Waals surface area (Å²) in [5.41, 5.74) is 1.03. The van der Waals surface area contributed by atoms with Gasteiger partial charge in [-0.1, -0.05) is 26.5 Å². The Bertz CT molecular complexity index is 259. The smallest absolute Gasteiger partial charge is 0.132 e. The van der Waals surface area contributed by atoms with Crippen molar-refractivity contribution in [3.63, 3.8) is 0 Å². The standard InChI is InChI=1S/C7H10N2.C3H6.C2H6/c1-4-7-8-6(2)5-9(7)3;1-3-2;1-2/h4-5H,1H2,2-3H3;3H,1H2,2H3;1-2H3. The van der Waals surface area contributed by atoms with E-state index < -0.39 is 0 Å². The monoisotopic (exact) mass is 194 g/mol. The van der Waals surface area contributed by atoms with E-state index in [0.29, 0.717) is 0 Å². The van der Waals surface area contributed by atoms with E-state index in [1.165, 1.54) is 0 Å². The topological polar surface area (TPSA) is 17.8 Å². The van der Waals surface area contributed by atoms with Gasteiger partial charge in [-0.25, -0.2) is 4.98 Å². The van der Waals surface area contributed by atoms with Gasteiger partial charge in [0.25, 0.3) is 0 Å². The summed E-state index contributed by atoms with van der Waals surface area (Å²) in [5, 5.41) is 0. The lowest BCUT2D eigenvalue weighted by atomic mass is 10.6. The predicted octanol–water partition coefficient (Wildman–Crippen LogP) is 3.59. The van der Waals surface area contributed by atoms with Crippen molar-refractivity contribution in [2.24, 2.45) is 7.05 Å². The summed E-state index contributed by atoms with van der Waals surface area (Å²) >= 11 is 0. The van der Waals surface area contributed by atoms with Crippen LogP contribution in [0.25, 0.3) is 6.08 Å². The maximum atomic E-state index is 4.17. The van der Waals surface area contributed by atoms with Crippen molar-refractivity contribution in [2.45, 2.75) is 27.7 Å². The third kappa shape index (κ3) is 6.23. The van der Waals surface area contributed by atoms with Crippen LogP contribution in [0.5, 0.6) is 0 Å². The van der Waals surface area contributed by atoms with Crippen LogP contribution >= 0.6 is 0 Å². The molecule has 0 amide bonds. The zero-order valence-electron chi connectivity index (χ0n) is 10.0. The van der Waals surface area contributed by atoms with Gasteiger partial charge in [-0.2, -0.15) is 0 Å². The van der Waals surface area contributed by atoms with Crippen molar-refractivity contribution in [1.29, 1.82) is 0 Å². The first-order valence-corrected chi connectivity index (χ1v) is 4.85. The van der Waals surface area contributed by atoms with Gasteiger partial charge in [-0.05, 0) is 19.9 Å². The fraction of sp³-hybridized carbons (Fsp3) is 0.417. The first kappa shape index (κ1) is 15.2. The summed E-state index contributed by atoms with van der Waals surface area (Å²) < 4.78 is 1.95. The van der Waals surface area contributed by atoms with Gasteiger partial charge in [-0.3, -0.25) is 0 Å². The number of nitrogens with zero attached hydrogens (tertiary/aromatic N) is 2. The SMILES string of the molecule is C=CC.C=Cc1nc(C)cn1C.CC. The van der Waals surface area contributed by atoms with Crippen LogP contribution in [0.4, 0.5) is 0 Å². The summed E-state index contributed by atoms with van der Waals surface area (Å²) in [6, 6.07) is 0. The van der Waals surface area contributed by atoms with Crippen molar-refractivity contribution in [3.05, 3.63) is 36.9 Å². The minimum Gasteiger partial charge on any atom is -0.334 e. The second kappa shape index (κ2) is 9.78. The van der Waals surface area contributed by atoms with E-state index in [1.54, 1.807) is 12.2 Å². The molecule has 0 aliphatic rings. The quantitative estimate of drug-likeness (QED) is 0.625. The summed E-state index contributed by atoms with van der Waals surface area (Å²) in [4.78, 5) is 4.17.